The minimum atomic E-state index is -5.05. The largest absolute Gasteiger partial charge is 0.446 e. The van der Waals surface area contributed by atoms with Crippen LogP contribution in [-0.4, -0.2) is 22.7 Å². The molecule has 0 heterocycles. The maximum atomic E-state index is 11.5. The molecule has 14 heavy (non-hydrogen) atoms. The molecule has 10 heteroatoms. The van der Waals surface area contributed by atoms with Crippen LogP contribution in [0.4, 0.5) is 26.3 Å². The normalized spacial score (nSPS) is 16.0. The Labute approximate surface area is 83.2 Å². The van der Waals surface area contributed by atoms with Gasteiger partial charge in [-0.1, -0.05) is 23.2 Å². The van der Waals surface area contributed by atoms with Gasteiger partial charge in [-0.3, -0.25) is 0 Å². The smallest absolute Gasteiger partial charge is 0.164 e. The third-order valence-corrected chi connectivity index (χ3v) is 1.27. The van der Waals surface area contributed by atoms with E-state index in [1.807, 2.05) is 0 Å². The minimum Gasteiger partial charge on any atom is -0.164 e. The molecule has 0 radical (unpaired) electrons. The monoisotopic (exact) mass is 260 g/mol. The van der Waals surface area contributed by atoms with E-state index in [1.54, 1.807) is 0 Å². The number of hydrogen-bond donors (Lipinski definition) is 0. The third kappa shape index (κ3) is 4.66. The van der Waals surface area contributed by atoms with E-state index in [4.69, 9.17) is 0 Å². The van der Waals surface area contributed by atoms with Crippen molar-refractivity contribution in [3.8, 4) is 0 Å². The van der Waals surface area contributed by atoms with E-state index in [1.165, 1.54) is 0 Å². The van der Waals surface area contributed by atoms with Crippen LogP contribution in [0.15, 0.2) is 10.2 Å². The fourth-order valence-corrected chi connectivity index (χ4v) is 0.277. The predicted octanol–water partition coefficient (Wildman–Crippen LogP) is 3.30. The van der Waals surface area contributed by atoms with Crippen molar-refractivity contribution in [1.29, 1.82) is 0 Å². The molecule has 0 rings (SSSR count). The zero-order chi connectivity index (χ0) is 11.6. The van der Waals surface area contributed by atoms with Crippen molar-refractivity contribution < 1.29 is 26.3 Å². The summed E-state index contributed by atoms with van der Waals surface area (Å²) in [6.07, 6.45) is -10.1. The van der Waals surface area contributed by atoms with Gasteiger partial charge < -0.3 is 0 Å². The molecule has 0 fully saturated rings. The fourth-order valence-electron chi connectivity index (χ4n) is 0.201. The van der Waals surface area contributed by atoms with Gasteiger partial charge in [-0.15, -0.1) is 10.2 Å². The molecule has 0 amide bonds. The van der Waals surface area contributed by atoms with E-state index in [0.29, 0.717) is 0 Å². The first-order valence-electron chi connectivity index (χ1n) is 2.66. The van der Waals surface area contributed by atoms with Crippen molar-refractivity contribution in [1.82, 2.24) is 0 Å². The standard InChI is InChI=1S/C4Cl2F6N2/c5-1(3(7,8)9)13-14-2(6)4(10,11)12. The van der Waals surface area contributed by atoms with Gasteiger partial charge in [0.25, 0.3) is 0 Å². The lowest BCUT2D eigenvalue weighted by Crippen LogP contribution is -2.19. The zero-order valence-corrected chi connectivity index (χ0v) is 7.43. The molecule has 0 atom stereocenters. The van der Waals surface area contributed by atoms with Crippen molar-refractivity contribution in [2.24, 2.45) is 10.2 Å². The lowest BCUT2D eigenvalue weighted by atomic mass is 10.7. The molecule has 0 aromatic carbocycles. The Morgan fingerprint density at radius 1 is 0.714 bits per heavy atom. The SMILES string of the molecule is FC(F)(F)C(Cl)=NN=C(Cl)C(F)(F)F. The topological polar surface area (TPSA) is 24.7 Å². The van der Waals surface area contributed by atoms with Gasteiger partial charge in [0.1, 0.15) is 0 Å². The highest BCUT2D eigenvalue weighted by molar-refractivity contribution is 6.68. The summed E-state index contributed by atoms with van der Waals surface area (Å²) in [6.45, 7) is 0. The number of rotatable bonds is 1. The van der Waals surface area contributed by atoms with Crippen LogP contribution in [0.1, 0.15) is 0 Å². The summed E-state index contributed by atoms with van der Waals surface area (Å²) in [5.74, 6) is 0. The molecule has 0 aliphatic carbocycles. The van der Waals surface area contributed by atoms with Gasteiger partial charge in [-0.05, 0) is 0 Å². The summed E-state index contributed by atoms with van der Waals surface area (Å²) in [5, 5.41) is 0.0263. The van der Waals surface area contributed by atoms with Crippen LogP contribution in [0, 0.1) is 0 Å². The maximum absolute atomic E-state index is 11.5. The van der Waals surface area contributed by atoms with E-state index in [0.717, 1.165) is 0 Å². The Balaban J connectivity index is 4.73. The van der Waals surface area contributed by atoms with E-state index < -0.39 is 22.7 Å². The summed E-state index contributed by atoms with van der Waals surface area (Å²) in [7, 11) is 0. The second kappa shape index (κ2) is 4.35. The molecular weight excluding hydrogens is 261 g/mol. The second-order valence-electron chi connectivity index (χ2n) is 1.78. The van der Waals surface area contributed by atoms with Gasteiger partial charge in [-0.25, -0.2) is 0 Å². The Kier molecular flexibility index (Phi) is 4.19. The predicted molar refractivity (Wildman–Crippen MR) is 38.7 cm³/mol. The summed E-state index contributed by atoms with van der Waals surface area (Å²) in [6, 6.07) is 0. The Bertz CT molecular complexity index is 236. The molecule has 0 aromatic heterocycles. The van der Waals surface area contributed by atoms with Gasteiger partial charge in [0.2, 0.25) is 10.3 Å². The molecular formula is C4Cl2F6N2. The molecule has 0 unspecified atom stereocenters. The molecule has 0 aliphatic rings. The first-order chi connectivity index (χ1) is 6.05. The zero-order valence-electron chi connectivity index (χ0n) is 5.92. The van der Waals surface area contributed by atoms with Crippen molar-refractivity contribution in [3.63, 3.8) is 0 Å². The molecule has 0 spiro atoms. The van der Waals surface area contributed by atoms with Gasteiger partial charge in [0.05, 0.1) is 0 Å². The summed E-state index contributed by atoms with van der Waals surface area (Å²) < 4.78 is 69.2. The van der Waals surface area contributed by atoms with Crippen molar-refractivity contribution >= 4 is 33.5 Å². The van der Waals surface area contributed by atoms with Crippen LogP contribution in [-0.2, 0) is 0 Å². The molecule has 0 N–H and O–H groups in total. The van der Waals surface area contributed by atoms with E-state index in [-0.39, 0.29) is 0 Å². The average molecular weight is 261 g/mol. The minimum absolute atomic E-state index is 2.04. The van der Waals surface area contributed by atoms with Crippen LogP contribution >= 0.6 is 23.2 Å². The van der Waals surface area contributed by atoms with Gasteiger partial charge in [-0.2, -0.15) is 26.3 Å². The van der Waals surface area contributed by atoms with Crippen LogP contribution in [0.5, 0.6) is 0 Å². The molecule has 82 valence electrons. The van der Waals surface area contributed by atoms with Gasteiger partial charge in [0.15, 0.2) is 0 Å². The quantitative estimate of drug-likeness (QED) is 0.393. The molecule has 2 nitrogen and oxygen atoms in total. The molecule has 0 saturated heterocycles. The Hall–Kier alpha value is -0.500. The van der Waals surface area contributed by atoms with E-state index >= 15 is 0 Å². The third-order valence-electron chi connectivity index (χ3n) is 0.693. The molecule has 0 bridgehead atoms. The maximum Gasteiger partial charge on any atom is 0.446 e. The van der Waals surface area contributed by atoms with Gasteiger partial charge >= 0.3 is 12.4 Å². The van der Waals surface area contributed by atoms with Crippen LogP contribution in [0.3, 0.4) is 0 Å². The van der Waals surface area contributed by atoms with Crippen molar-refractivity contribution in [2.45, 2.75) is 12.4 Å². The summed E-state index contributed by atoms with van der Waals surface area (Å²) in [4.78, 5) is 0. The van der Waals surface area contributed by atoms with E-state index in [2.05, 4.69) is 33.4 Å². The first-order valence-corrected chi connectivity index (χ1v) is 3.42. The fraction of sp³-hybridized carbons (Fsp3) is 0.500. The van der Waals surface area contributed by atoms with Crippen molar-refractivity contribution in [2.75, 3.05) is 0 Å². The highest BCUT2D eigenvalue weighted by Gasteiger charge is 2.37. The number of nitrogens with zero attached hydrogens (tertiary/aromatic N) is 2. The highest BCUT2D eigenvalue weighted by Crippen LogP contribution is 2.22. The van der Waals surface area contributed by atoms with Gasteiger partial charge in [0, 0.05) is 0 Å². The Morgan fingerprint density at radius 2 is 0.929 bits per heavy atom. The van der Waals surface area contributed by atoms with Crippen LogP contribution in [0.25, 0.3) is 0 Å². The average Bonchev–Trinajstić information content (AvgIpc) is 1.95. The second-order valence-corrected chi connectivity index (χ2v) is 2.49. The highest BCUT2D eigenvalue weighted by atomic mass is 35.5. The first kappa shape index (κ1) is 13.5. The van der Waals surface area contributed by atoms with Crippen LogP contribution < -0.4 is 0 Å². The Morgan fingerprint density at radius 3 is 1.07 bits per heavy atom. The van der Waals surface area contributed by atoms with E-state index in [9.17, 15) is 26.3 Å². The summed E-state index contributed by atoms with van der Waals surface area (Å²) >= 11 is 8.89. The summed E-state index contributed by atoms with van der Waals surface area (Å²) in [5.41, 5.74) is 0. The number of halogens is 8. The number of hydrogen-bond acceptors (Lipinski definition) is 2. The molecule has 0 aromatic rings. The molecule has 0 saturated carbocycles. The van der Waals surface area contributed by atoms with Crippen molar-refractivity contribution in [3.05, 3.63) is 0 Å². The van der Waals surface area contributed by atoms with Crippen LogP contribution in [0.2, 0.25) is 0 Å². The molecule has 0 aliphatic heterocycles. The lowest BCUT2D eigenvalue weighted by molar-refractivity contribution is -0.0583. The number of alkyl halides is 6. The lowest BCUT2D eigenvalue weighted by Gasteiger charge is -2.02.